The molecule has 1 aromatic carbocycles. The third-order valence-electron chi connectivity index (χ3n) is 3.92. The standard InChI is InChI=1S/C17H17FN4OS2/c1-10(12-5-3-6-13(18)9-12)19-16(23)11(2)22-15(20-21-17(22)24)14-7-4-8-25-14/h3-11H,1-2H3,(H,19,23)(H,21,24)/t10-,11-/m0/s1. The molecule has 0 unspecified atom stereocenters. The molecule has 1 amide bonds. The number of benzene rings is 1. The molecule has 8 heteroatoms. The Balaban J connectivity index is 1.82. The van der Waals surface area contributed by atoms with E-state index in [0.717, 1.165) is 4.88 Å². The highest BCUT2D eigenvalue weighted by atomic mass is 32.1. The minimum Gasteiger partial charge on any atom is -0.348 e. The van der Waals surface area contributed by atoms with Gasteiger partial charge in [0.25, 0.3) is 0 Å². The number of nitrogens with zero attached hydrogens (tertiary/aromatic N) is 2. The Morgan fingerprint density at radius 2 is 2.16 bits per heavy atom. The number of aromatic nitrogens is 3. The molecular weight excluding hydrogens is 359 g/mol. The summed E-state index contributed by atoms with van der Waals surface area (Å²) in [6, 6.07) is 9.15. The lowest BCUT2D eigenvalue weighted by molar-refractivity contribution is -0.124. The van der Waals surface area contributed by atoms with Crippen molar-refractivity contribution in [2.45, 2.75) is 25.9 Å². The second kappa shape index (κ2) is 7.28. The Kier molecular flexibility index (Phi) is 5.10. The third-order valence-corrected chi connectivity index (χ3v) is 5.07. The van der Waals surface area contributed by atoms with E-state index in [9.17, 15) is 9.18 Å². The number of aromatic amines is 1. The number of carbonyl (C=O) groups is 1. The SMILES string of the molecule is C[C@H](NC(=O)[C@H](C)n1c(-c2cccs2)n[nH]c1=S)c1cccc(F)c1. The molecule has 0 bridgehead atoms. The van der Waals surface area contributed by atoms with Crippen LogP contribution in [0.15, 0.2) is 41.8 Å². The number of carbonyl (C=O) groups excluding carboxylic acids is 1. The van der Waals surface area contributed by atoms with Crippen LogP contribution in [0.2, 0.25) is 0 Å². The van der Waals surface area contributed by atoms with Crippen LogP contribution in [0.3, 0.4) is 0 Å². The summed E-state index contributed by atoms with van der Waals surface area (Å²) in [6.45, 7) is 3.57. The fraction of sp³-hybridized carbons (Fsp3) is 0.235. The summed E-state index contributed by atoms with van der Waals surface area (Å²) < 4.78 is 15.4. The van der Waals surface area contributed by atoms with Gasteiger partial charge in [0.05, 0.1) is 10.9 Å². The van der Waals surface area contributed by atoms with Gasteiger partial charge in [0, 0.05) is 0 Å². The van der Waals surface area contributed by atoms with Crippen molar-refractivity contribution < 1.29 is 9.18 Å². The molecule has 3 rings (SSSR count). The van der Waals surface area contributed by atoms with Crippen molar-refractivity contribution in [3.63, 3.8) is 0 Å². The van der Waals surface area contributed by atoms with Gasteiger partial charge in [-0.2, -0.15) is 5.10 Å². The lowest BCUT2D eigenvalue weighted by atomic mass is 10.1. The van der Waals surface area contributed by atoms with Crippen LogP contribution < -0.4 is 5.32 Å². The van der Waals surface area contributed by atoms with E-state index in [1.54, 1.807) is 23.6 Å². The zero-order valence-electron chi connectivity index (χ0n) is 13.7. The van der Waals surface area contributed by atoms with E-state index in [-0.39, 0.29) is 17.8 Å². The van der Waals surface area contributed by atoms with Crippen LogP contribution in [0.5, 0.6) is 0 Å². The van der Waals surface area contributed by atoms with Crippen LogP contribution in [-0.4, -0.2) is 20.7 Å². The van der Waals surface area contributed by atoms with E-state index in [2.05, 4.69) is 15.5 Å². The number of halogens is 1. The number of amides is 1. The molecule has 0 saturated heterocycles. The number of H-pyrrole nitrogens is 1. The Morgan fingerprint density at radius 3 is 2.84 bits per heavy atom. The Morgan fingerprint density at radius 1 is 1.36 bits per heavy atom. The lowest BCUT2D eigenvalue weighted by Gasteiger charge is -2.19. The summed E-state index contributed by atoms with van der Waals surface area (Å²) in [5, 5.41) is 11.8. The first-order chi connectivity index (χ1) is 12.0. The summed E-state index contributed by atoms with van der Waals surface area (Å²) in [6.07, 6.45) is 0. The molecular formula is C17H17FN4OS2. The molecule has 0 aliphatic heterocycles. The van der Waals surface area contributed by atoms with Gasteiger partial charge in [-0.15, -0.1) is 11.3 Å². The number of nitrogens with one attached hydrogen (secondary N) is 2. The van der Waals surface area contributed by atoms with Crippen molar-refractivity contribution in [3.8, 4) is 10.7 Å². The maximum atomic E-state index is 13.4. The molecule has 0 saturated carbocycles. The molecule has 130 valence electrons. The Hall–Kier alpha value is -2.32. The highest BCUT2D eigenvalue weighted by molar-refractivity contribution is 7.71. The summed E-state index contributed by atoms with van der Waals surface area (Å²) in [5.74, 6) is 0.0804. The van der Waals surface area contributed by atoms with Crippen LogP contribution in [0.1, 0.15) is 31.5 Å². The monoisotopic (exact) mass is 376 g/mol. The molecule has 3 aromatic rings. The van der Waals surface area contributed by atoms with Crippen molar-refractivity contribution in [1.29, 1.82) is 0 Å². The average Bonchev–Trinajstić information content (AvgIpc) is 3.23. The van der Waals surface area contributed by atoms with E-state index < -0.39 is 6.04 Å². The minimum absolute atomic E-state index is 0.216. The van der Waals surface area contributed by atoms with Crippen LogP contribution >= 0.6 is 23.6 Å². The van der Waals surface area contributed by atoms with E-state index in [4.69, 9.17) is 12.2 Å². The molecule has 0 fully saturated rings. The average molecular weight is 376 g/mol. The quantitative estimate of drug-likeness (QED) is 0.655. The van der Waals surface area contributed by atoms with Crippen LogP contribution in [0, 0.1) is 10.6 Å². The van der Waals surface area contributed by atoms with Gasteiger partial charge >= 0.3 is 0 Å². The summed E-state index contributed by atoms with van der Waals surface area (Å²) in [7, 11) is 0. The number of rotatable bonds is 5. The van der Waals surface area contributed by atoms with Crippen molar-refractivity contribution >= 4 is 29.5 Å². The maximum Gasteiger partial charge on any atom is 0.243 e. The van der Waals surface area contributed by atoms with Gasteiger partial charge in [0.15, 0.2) is 10.6 Å². The second-order valence-corrected chi connectivity index (χ2v) is 7.00. The number of thiophene rings is 1. The molecule has 0 radical (unpaired) electrons. The van der Waals surface area contributed by atoms with Crippen LogP contribution in [-0.2, 0) is 4.79 Å². The highest BCUT2D eigenvalue weighted by Gasteiger charge is 2.22. The molecule has 25 heavy (non-hydrogen) atoms. The Labute approximate surface area is 153 Å². The lowest BCUT2D eigenvalue weighted by Crippen LogP contribution is -2.33. The van der Waals surface area contributed by atoms with Gasteiger partial charge in [-0.05, 0) is 55.2 Å². The molecule has 0 aliphatic carbocycles. The largest absolute Gasteiger partial charge is 0.348 e. The van der Waals surface area contributed by atoms with E-state index >= 15 is 0 Å². The summed E-state index contributed by atoms with van der Waals surface area (Å²) >= 11 is 6.81. The number of hydrogen-bond acceptors (Lipinski definition) is 4. The second-order valence-electron chi connectivity index (χ2n) is 5.66. The molecule has 5 nitrogen and oxygen atoms in total. The molecule has 2 heterocycles. The topological polar surface area (TPSA) is 62.7 Å². The maximum absolute atomic E-state index is 13.4. The van der Waals surface area contributed by atoms with Crippen LogP contribution in [0.25, 0.3) is 10.7 Å². The van der Waals surface area contributed by atoms with Crippen molar-refractivity contribution in [2.24, 2.45) is 0 Å². The van der Waals surface area contributed by atoms with Gasteiger partial charge in [-0.3, -0.25) is 14.5 Å². The molecule has 2 N–H and O–H groups in total. The van der Waals surface area contributed by atoms with Crippen molar-refractivity contribution in [2.75, 3.05) is 0 Å². The Bertz CT molecular complexity index is 932. The minimum atomic E-state index is -0.556. The van der Waals surface area contributed by atoms with Crippen LogP contribution in [0.4, 0.5) is 4.39 Å². The van der Waals surface area contributed by atoms with Gasteiger partial charge in [-0.25, -0.2) is 4.39 Å². The molecule has 2 aromatic heterocycles. The van der Waals surface area contributed by atoms with E-state index in [1.165, 1.54) is 23.5 Å². The van der Waals surface area contributed by atoms with E-state index in [1.807, 2.05) is 24.4 Å². The molecule has 2 atom stereocenters. The highest BCUT2D eigenvalue weighted by Crippen LogP contribution is 2.26. The zero-order valence-corrected chi connectivity index (χ0v) is 15.3. The first kappa shape index (κ1) is 17.5. The third kappa shape index (κ3) is 3.69. The molecule has 0 spiro atoms. The first-order valence-electron chi connectivity index (χ1n) is 7.74. The first-order valence-corrected chi connectivity index (χ1v) is 9.03. The van der Waals surface area contributed by atoms with Gasteiger partial charge in [0.1, 0.15) is 11.9 Å². The zero-order chi connectivity index (χ0) is 18.0. The molecule has 0 aliphatic rings. The number of hydrogen-bond donors (Lipinski definition) is 2. The summed E-state index contributed by atoms with van der Waals surface area (Å²) in [4.78, 5) is 13.6. The van der Waals surface area contributed by atoms with Crippen molar-refractivity contribution in [3.05, 3.63) is 57.9 Å². The summed E-state index contributed by atoms with van der Waals surface area (Å²) in [5.41, 5.74) is 0.704. The van der Waals surface area contributed by atoms with E-state index in [0.29, 0.717) is 16.2 Å². The van der Waals surface area contributed by atoms with Gasteiger partial charge < -0.3 is 5.32 Å². The van der Waals surface area contributed by atoms with Gasteiger partial charge in [-0.1, -0.05) is 18.2 Å². The predicted molar refractivity (Wildman–Crippen MR) is 98.4 cm³/mol. The van der Waals surface area contributed by atoms with Crippen molar-refractivity contribution in [1.82, 2.24) is 20.1 Å². The smallest absolute Gasteiger partial charge is 0.243 e. The van der Waals surface area contributed by atoms with Gasteiger partial charge in [0.2, 0.25) is 5.91 Å². The fourth-order valence-electron chi connectivity index (χ4n) is 2.55. The normalized spacial score (nSPS) is 13.4. The fourth-order valence-corrected chi connectivity index (χ4v) is 3.55. The predicted octanol–water partition coefficient (Wildman–Crippen LogP) is 4.25.